The highest BCUT2D eigenvalue weighted by atomic mass is 16.4. The minimum Gasteiger partial charge on any atom is -0.481 e. The molecule has 0 saturated heterocycles. The van der Waals surface area contributed by atoms with E-state index in [-0.39, 0.29) is 32.1 Å². The van der Waals surface area contributed by atoms with Gasteiger partial charge in [0.05, 0.1) is 31.6 Å². The largest absolute Gasteiger partial charge is 0.481 e. The standard InChI is InChI=1S/C51H63N9O10/c1-33(61)40(30-46(64)65)59-51(70)43(29-37-22-12-5-13-23-37)57-45(63)32-55-48(67)41(27-35-18-8-3-9-19-35)60-49(68)39(24-14-15-25-52)58-50(69)42(28-36-20-10-4-11-21-36)56-44(62)31-54-47(66)38(53)26-34-16-6-2-7-17-34/h2-13,16-23,38-43H,14-15,24-32,52-53H2,1H3,(H,54,66)(H,55,67)(H,56,62)(H,57,63)(H,58,69)(H,59,70)(H,60,68)(H,64,65). The van der Waals surface area contributed by atoms with E-state index in [1.807, 2.05) is 30.3 Å². The fraction of sp³-hybridized carbons (Fsp3) is 0.353. The first-order chi connectivity index (χ1) is 33.6. The molecule has 372 valence electrons. The lowest BCUT2D eigenvalue weighted by molar-refractivity contribution is -0.140. The van der Waals surface area contributed by atoms with Crippen LogP contribution in [0, 0.1) is 0 Å². The molecule has 0 bridgehead atoms. The van der Waals surface area contributed by atoms with Gasteiger partial charge in [-0.3, -0.25) is 43.2 Å². The lowest BCUT2D eigenvalue weighted by atomic mass is 10.0. The van der Waals surface area contributed by atoms with E-state index in [0.29, 0.717) is 36.1 Å². The zero-order valence-corrected chi connectivity index (χ0v) is 39.1. The summed E-state index contributed by atoms with van der Waals surface area (Å²) >= 11 is 0. The summed E-state index contributed by atoms with van der Waals surface area (Å²) < 4.78 is 0. The summed E-state index contributed by atoms with van der Waals surface area (Å²) in [4.78, 5) is 119. The number of amides is 7. The first-order valence-electron chi connectivity index (χ1n) is 23.0. The molecule has 0 aliphatic rings. The topological polar surface area (TPSA) is 310 Å². The van der Waals surface area contributed by atoms with Gasteiger partial charge in [0, 0.05) is 19.3 Å². The molecule has 19 nitrogen and oxygen atoms in total. The number of carbonyl (C=O) groups excluding carboxylic acids is 8. The number of Topliss-reactive ketones (excluding diaryl/α,β-unsaturated/α-hetero) is 1. The fourth-order valence-electron chi connectivity index (χ4n) is 7.27. The van der Waals surface area contributed by atoms with E-state index in [1.165, 1.54) is 0 Å². The van der Waals surface area contributed by atoms with Crippen molar-refractivity contribution in [1.82, 2.24) is 37.2 Å². The number of rotatable bonds is 29. The summed E-state index contributed by atoms with van der Waals surface area (Å²) in [5.74, 6) is -7.03. The molecule has 6 unspecified atom stereocenters. The van der Waals surface area contributed by atoms with Gasteiger partial charge in [-0.2, -0.15) is 0 Å². The zero-order valence-electron chi connectivity index (χ0n) is 39.1. The third-order valence-electron chi connectivity index (χ3n) is 11.0. The number of carboxylic acid groups (broad SMARTS) is 1. The van der Waals surface area contributed by atoms with Gasteiger partial charge in [-0.25, -0.2) is 0 Å². The van der Waals surface area contributed by atoms with Crippen LogP contribution in [0.4, 0.5) is 0 Å². The second-order valence-electron chi connectivity index (χ2n) is 16.7. The number of nitrogens with one attached hydrogen (secondary N) is 7. The van der Waals surface area contributed by atoms with Crippen molar-refractivity contribution >= 4 is 53.1 Å². The average Bonchev–Trinajstić information content (AvgIpc) is 3.34. The minimum absolute atomic E-state index is 0.0195. The molecule has 4 aromatic rings. The van der Waals surface area contributed by atoms with Gasteiger partial charge >= 0.3 is 5.97 Å². The molecule has 6 atom stereocenters. The number of nitrogens with two attached hydrogens (primary N) is 2. The van der Waals surface area contributed by atoms with E-state index in [4.69, 9.17) is 11.5 Å². The summed E-state index contributed by atoms with van der Waals surface area (Å²) in [5, 5.41) is 27.4. The summed E-state index contributed by atoms with van der Waals surface area (Å²) in [6, 6.07) is 28.0. The van der Waals surface area contributed by atoms with E-state index in [2.05, 4.69) is 37.2 Å². The molecule has 0 aliphatic heterocycles. The molecule has 4 aromatic carbocycles. The minimum atomic E-state index is -1.35. The van der Waals surface area contributed by atoms with E-state index in [0.717, 1.165) is 12.5 Å². The number of carbonyl (C=O) groups is 9. The molecule has 7 amide bonds. The maximum Gasteiger partial charge on any atom is 0.305 e. The van der Waals surface area contributed by atoms with Crippen molar-refractivity contribution in [3.63, 3.8) is 0 Å². The number of hydrogen-bond donors (Lipinski definition) is 10. The molecule has 0 fully saturated rings. The lowest BCUT2D eigenvalue weighted by Crippen LogP contribution is -2.58. The summed E-state index contributed by atoms with van der Waals surface area (Å²) in [5.41, 5.74) is 14.7. The third kappa shape index (κ3) is 19.8. The first kappa shape index (κ1) is 54.8. The molecule has 19 heteroatoms. The predicted molar refractivity (Wildman–Crippen MR) is 260 cm³/mol. The molecule has 0 saturated carbocycles. The van der Waals surface area contributed by atoms with Crippen molar-refractivity contribution in [2.75, 3.05) is 19.6 Å². The molecule has 0 heterocycles. The van der Waals surface area contributed by atoms with Crippen LogP contribution in [0.1, 0.15) is 54.9 Å². The lowest BCUT2D eigenvalue weighted by Gasteiger charge is -2.26. The Labute approximate surface area is 406 Å². The highest BCUT2D eigenvalue weighted by molar-refractivity contribution is 5.97. The van der Waals surface area contributed by atoms with Gasteiger partial charge in [-0.1, -0.05) is 121 Å². The number of carboxylic acids is 1. The van der Waals surface area contributed by atoms with Gasteiger partial charge in [-0.15, -0.1) is 0 Å². The number of unbranched alkanes of at least 4 members (excludes halogenated alkanes) is 1. The van der Waals surface area contributed by atoms with Gasteiger partial charge in [-0.05, 0) is 61.4 Å². The second kappa shape index (κ2) is 29.2. The van der Waals surface area contributed by atoms with Gasteiger partial charge in [0.15, 0.2) is 5.78 Å². The predicted octanol–water partition coefficient (Wildman–Crippen LogP) is 0.134. The molecule has 0 radical (unpaired) electrons. The van der Waals surface area contributed by atoms with E-state index in [1.54, 1.807) is 91.0 Å². The highest BCUT2D eigenvalue weighted by Gasteiger charge is 2.31. The van der Waals surface area contributed by atoms with Crippen LogP contribution >= 0.6 is 0 Å². The summed E-state index contributed by atoms with van der Waals surface area (Å²) in [6.07, 6.45) is 0.506. The van der Waals surface area contributed by atoms with Crippen LogP contribution in [0.25, 0.3) is 0 Å². The Bertz CT molecular complexity index is 2360. The summed E-state index contributed by atoms with van der Waals surface area (Å²) in [6.45, 7) is 0.294. The maximum atomic E-state index is 14.2. The van der Waals surface area contributed by atoms with Crippen LogP contribution in [0.5, 0.6) is 0 Å². The number of benzene rings is 4. The Balaban J connectivity index is 1.48. The number of hydrogen-bond acceptors (Lipinski definition) is 11. The molecule has 70 heavy (non-hydrogen) atoms. The molecular formula is C51H63N9O10. The van der Waals surface area contributed by atoms with Crippen LogP contribution in [0.3, 0.4) is 0 Å². The molecular weight excluding hydrogens is 899 g/mol. The summed E-state index contributed by atoms with van der Waals surface area (Å²) in [7, 11) is 0. The molecule has 4 rings (SSSR count). The fourth-order valence-corrected chi connectivity index (χ4v) is 7.27. The Morgan fingerprint density at radius 1 is 0.457 bits per heavy atom. The van der Waals surface area contributed by atoms with Gasteiger partial charge in [0.25, 0.3) is 0 Å². The molecule has 12 N–H and O–H groups in total. The molecule has 0 aromatic heterocycles. The zero-order chi connectivity index (χ0) is 50.8. The van der Waals surface area contributed by atoms with Crippen molar-refractivity contribution in [2.45, 2.75) is 94.5 Å². The Morgan fingerprint density at radius 3 is 1.21 bits per heavy atom. The van der Waals surface area contributed by atoms with Crippen molar-refractivity contribution in [2.24, 2.45) is 11.5 Å². The van der Waals surface area contributed by atoms with Crippen molar-refractivity contribution in [3.05, 3.63) is 144 Å². The SMILES string of the molecule is CC(=O)C(CC(=O)O)NC(=O)C(Cc1ccccc1)NC(=O)CNC(=O)C(Cc1ccccc1)NC(=O)C(CCCCN)NC(=O)C(Cc1ccccc1)NC(=O)CNC(=O)C(N)Cc1ccccc1. The van der Waals surface area contributed by atoms with Crippen LogP contribution < -0.4 is 48.7 Å². The van der Waals surface area contributed by atoms with Crippen molar-refractivity contribution in [1.29, 1.82) is 0 Å². The number of aliphatic carboxylic acids is 1. The normalized spacial score (nSPS) is 13.4. The van der Waals surface area contributed by atoms with Crippen molar-refractivity contribution in [3.8, 4) is 0 Å². The maximum absolute atomic E-state index is 14.2. The Hall–Kier alpha value is -7.77. The van der Waals surface area contributed by atoms with Crippen LogP contribution in [0.2, 0.25) is 0 Å². The molecule has 0 spiro atoms. The smallest absolute Gasteiger partial charge is 0.305 e. The third-order valence-corrected chi connectivity index (χ3v) is 11.0. The van der Waals surface area contributed by atoms with Crippen molar-refractivity contribution < 1.29 is 48.3 Å². The van der Waals surface area contributed by atoms with Crippen LogP contribution in [-0.4, -0.2) is 114 Å². The van der Waals surface area contributed by atoms with E-state index >= 15 is 0 Å². The van der Waals surface area contributed by atoms with E-state index < -0.39 is 109 Å². The average molecular weight is 962 g/mol. The quantitative estimate of drug-likeness (QED) is 0.0325. The van der Waals surface area contributed by atoms with E-state index in [9.17, 15) is 48.3 Å². The van der Waals surface area contributed by atoms with Gasteiger partial charge < -0.3 is 53.8 Å². The Kier molecular flexibility index (Phi) is 22.9. The van der Waals surface area contributed by atoms with Crippen LogP contribution in [-0.2, 0) is 68.8 Å². The second-order valence-corrected chi connectivity index (χ2v) is 16.7. The number of ketones is 1. The Morgan fingerprint density at radius 2 is 0.814 bits per heavy atom. The van der Waals surface area contributed by atoms with Gasteiger partial charge in [0.2, 0.25) is 41.4 Å². The van der Waals surface area contributed by atoms with Gasteiger partial charge in [0.1, 0.15) is 24.2 Å². The monoisotopic (exact) mass is 961 g/mol. The first-order valence-corrected chi connectivity index (χ1v) is 23.0. The highest BCUT2D eigenvalue weighted by Crippen LogP contribution is 2.10. The van der Waals surface area contributed by atoms with Crippen LogP contribution in [0.15, 0.2) is 121 Å². The molecule has 0 aliphatic carbocycles.